The number of pyridine rings is 1. The minimum atomic E-state index is -0.129. The van der Waals surface area contributed by atoms with Gasteiger partial charge in [-0.1, -0.05) is 45.0 Å². The minimum Gasteiger partial charge on any atom is -0.346 e. The first kappa shape index (κ1) is 19.0. The van der Waals surface area contributed by atoms with Gasteiger partial charge in [0, 0.05) is 29.4 Å². The van der Waals surface area contributed by atoms with E-state index in [2.05, 4.69) is 48.2 Å². The van der Waals surface area contributed by atoms with Crippen molar-refractivity contribution < 1.29 is 4.79 Å². The quantitative estimate of drug-likeness (QED) is 0.648. The fraction of sp³-hybridized carbons (Fsp3) is 0.227. The predicted octanol–water partition coefficient (Wildman–Crippen LogP) is 4.83. The normalized spacial score (nSPS) is 11.7. The van der Waals surface area contributed by atoms with Crippen molar-refractivity contribution in [2.24, 2.45) is 0 Å². The fourth-order valence-corrected chi connectivity index (χ4v) is 3.28. The molecule has 0 aliphatic rings. The standard InChI is InChI=1S/C22H23N3OS/c1-22(2,3)18-7-4-16(5-8-18)6-9-20(26)24-14-21-25-19(15-27-21)17-10-12-23-13-11-17/h4-13,15H,14H2,1-3H3,(H,24,26)/b9-6+. The number of hydrogen-bond acceptors (Lipinski definition) is 4. The van der Waals surface area contributed by atoms with Crippen LogP contribution in [0.15, 0.2) is 60.2 Å². The van der Waals surface area contributed by atoms with Crippen LogP contribution in [0, 0.1) is 0 Å². The van der Waals surface area contributed by atoms with Crippen LogP contribution in [0.25, 0.3) is 17.3 Å². The van der Waals surface area contributed by atoms with Crippen LogP contribution in [-0.2, 0) is 16.8 Å². The molecule has 3 aromatic rings. The van der Waals surface area contributed by atoms with E-state index >= 15 is 0 Å². The molecule has 0 radical (unpaired) electrons. The molecule has 0 aliphatic heterocycles. The number of amides is 1. The maximum Gasteiger partial charge on any atom is 0.244 e. The molecule has 1 N–H and O–H groups in total. The molecule has 2 aromatic heterocycles. The van der Waals surface area contributed by atoms with Gasteiger partial charge >= 0.3 is 0 Å². The van der Waals surface area contributed by atoms with Crippen molar-refractivity contribution in [3.05, 3.63) is 76.4 Å². The van der Waals surface area contributed by atoms with E-state index in [0.717, 1.165) is 21.8 Å². The molecule has 0 aliphatic carbocycles. The van der Waals surface area contributed by atoms with Crippen LogP contribution in [0.3, 0.4) is 0 Å². The first-order valence-corrected chi connectivity index (χ1v) is 9.71. The van der Waals surface area contributed by atoms with Crippen molar-refractivity contribution in [2.75, 3.05) is 0 Å². The number of nitrogens with one attached hydrogen (secondary N) is 1. The van der Waals surface area contributed by atoms with Gasteiger partial charge in [0.15, 0.2) is 0 Å². The Morgan fingerprint density at radius 1 is 1.11 bits per heavy atom. The molecule has 0 atom stereocenters. The summed E-state index contributed by atoms with van der Waals surface area (Å²) in [6, 6.07) is 12.1. The molecule has 0 fully saturated rings. The van der Waals surface area contributed by atoms with Crippen molar-refractivity contribution in [1.82, 2.24) is 15.3 Å². The highest BCUT2D eigenvalue weighted by Crippen LogP contribution is 2.23. The topological polar surface area (TPSA) is 54.9 Å². The summed E-state index contributed by atoms with van der Waals surface area (Å²) in [5.74, 6) is -0.129. The molecule has 5 heteroatoms. The molecule has 2 heterocycles. The highest BCUT2D eigenvalue weighted by molar-refractivity contribution is 7.09. The Morgan fingerprint density at radius 3 is 2.48 bits per heavy atom. The molecule has 0 saturated heterocycles. The second-order valence-electron chi connectivity index (χ2n) is 7.29. The predicted molar refractivity (Wildman–Crippen MR) is 111 cm³/mol. The number of aromatic nitrogens is 2. The van der Waals surface area contributed by atoms with E-state index < -0.39 is 0 Å². The molecular weight excluding hydrogens is 354 g/mol. The van der Waals surface area contributed by atoms with Gasteiger partial charge in [0.25, 0.3) is 0 Å². The zero-order chi connectivity index (χ0) is 19.3. The SMILES string of the molecule is CC(C)(C)c1ccc(/C=C/C(=O)NCc2nc(-c3ccncc3)cs2)cc1. The fourth-order valence-electron chi connectivity index (χ4n) is 2.54. The van der Waals surface area contributed by atoms with E-state index in [1.807, 2.05) is 35.7 Å². The van der Waals surface area contributed by atoms with Gasteiger partial charge in [-0.2, -0.15) is 0 Å². The summed E-state index contributed by atoms with van der Waals surface area (Å²) >= 11 is 1.53. The van der Waals surface area contributed by atoms with Gasteiger partial charge in [-0.05, 0) is 34.8 Å². The highest BCUT2D eigenvalue weighted by Gasteiger charge is 2.12. The van der Waals surface area contributed by atoms with E-state index in [-0.39, 0.29) is 11.3 Å². The summed E-state index contributed by atoms with van der Waals surface area (Å²) < 4.78 is 0. The third-order valence-electron chi connectivity index (χ3n) is 4.15. The van der Waals surface area contributed by atoms with Crippen LogP contribution in [0.5, 0.6) is 0 Å². The summed E-state index contributed by atoms with van der Waals surface area (Å²) in [6.07, 6.45) is 6.87. The molecule has 138 valence electrons. The zero-order valence-electron chi connectivity index (χ0n) is 15.8. The van der Waals surface area contributed by atoms with E-state index in [1.54, 1.807) is 18.5 Å². The molecule has 27 heavy (non-hydrogen) atoms. The Hall–Kier alpha value is -2.79. The van der Waals surface area contributed by atoms with Gasteiger partial charge in [0.1, 0.15) is 5.01 Å². The van der Waals surface area contributed by atoms with Crippen LogP contribution >= 0.6 is 11.3 Å². The second kappa shape index (κ2) is 8.27. The van der Waals surface area contributed by atoms with Crippen LogP contribution in [0.4, 0.5) is 0 Å². The Balaban J connectivity index is 1.54. The summed E-state index contributed by atoms with van der Waals surface area (Å²) in [5, 5.41) is 5.74. The Kier molecular flexibility index (Phi) is 5.81. The second-order valence-corrected chi connectivity index (χ2v) is 8.23. The maximum atomic E-state index is 12.1. The van der Waals surface area contributed by atoms with Crippen molar-refractivity contribution in [1.29, 1.82) is 0 Å². The lowest BCUT2D eigenvalue weighted by Gasteiger charge is -2.18. The monoisotopic (exact) mass is 377 g/mol. The van der Waals surface area contributed by atoms with Crippen molar-refractivity contribution >= 4 is 23.3 Å². The zero-order valence-corrected chi connectivity index (χ0v) is 16.6. The molecule has 1 amide bonds. The summed E-state index contributed by atoms with van der Waals surface area (Å²) in [7, 11) is 0. The van der Waals surface area contributed by atoms with Gasteiger partial charge in [0.2, 0.25) is 5.91 Å². The number of carbonyl (C=O) groups excluding carboxylic acids is 1. The number of thiazole rings is 1. The highest BCUT2D eigenvalue weighted by atomic mass is 32.1. The number of benzene rings is 1. The van der Waals surface area contributed by atoms with Crippen LogP contribution < -0.4 is 5.32 Å². The van der Waals surface area contributed by atoms with E-state index in [1.165, 1.54) is 16.9 Å². The Morgan fingerprint density at radius 2 is 1.81 bits per heavy atom. The molecule has 0 spiro atoms. The molecular formula is C22H23N3OS. The van der Waals surface area contributed by atoms with Gasteiger partial charge in [-0.25, -0.2) is 4.98 Å². The average molecular weight is 378 g/mol. The minimum absolute atomic E-state index is 0.127. The van der Waals surface area contributed by atoms with E-state index in [4.69, 9.17) is 0 Å². The van der Waals surface area contributed by atoms with Crippen molar-refractivity contribution in [3.8, 4) is 11.3 Å². The van der Waals surface area contributed by atoms with Gasteiger partial charge in [-0.3, -0.25) is 9.78 Å². The van der Waals surface area contributed by atoms with Crippen LogP contribution in [0.1, 0.15) is 36.9 Å². The third kappa shape index (κ3) is 5.34. The molecule has 3 rings (SSSR count). The van der Waals surface area contributed by atoms with E-state index in [9.17, 15) is 4.79 Å². The van der Waals surface area contributed by atoms with E-state index in [0.29, 0.717) is 6.54 Å². The largest absolute Gasteiger partial charge is 0.346 e. The Labute approximate surface area is 164 Å². The van der Waals surface area contributed by atoms with Gasteiger partial charge in [-0.15, -0.1) is 11.3 Å². The van der Waals surface area contributed by atoms with Crippen molar-refractivity contribution in [3.63, 3.8) is 0 Å². The lowest BCUT2D eigenvalue weighted by molar-refractivity contribution is -0.116. The smallest absolute Gasteiger partial charge is 0.244 e. The van der Waals surface area contributed by atoms with Crippen LogP contribution in [0.2, 0.25) is 0 Å². The lowest BCUT2D eigenvalue weighted by Crippen LogP contribution is -2.20. The molecule has 0 unspecified atom stereocenters. The maximum absolute atomic E-state index is 12.1. The van der Waals surface area contributed by atoms with Crippen molar-refractivity contribution in [2.45, 2.75) is 32.7 Å². The van der Waals surface area contributed by atoms with Gasteiger partial charge < -0.3 is 5.32 Å². The molecule has 1 aromatic carbocycles. The molecule has 0 saturated carbocycles. The number of rotatable bonds is 5. The number of hydrogen-bond donors (Lipinski definition) is 1. The summed E-state index contributed by atoms with van der Waals surface area (Å²) in [4.78, 5) is 20.6. The first-order valence-electron chi connectivity index (χ1n) is 8.83. The first-order chi connectivity index (χ1) is 12.9. The average Bonchev–Trinajstić information content (AvgIpc) is 3.14. The number of carbonyl (C=O) groups is 1. The van der Waals surface area contributed by atoms with Crippen LogP contribution in [-0.4, -0.2) is 15.9 Å². The molecule has 4 nitrogen and oxygen atoms in total. The number of nitrogens with zero attached hydrogens (tertiary/aromatic N) is 2. The third-order valence-corrected chi connectivity index (χ3v) is 4.99. The molecule has 0 bridgehead atoms. The lowest BCUT2D eigenvalue weighted by atomic mass is 9.87. The van der Waals surface area contributed by atoms with Gasteiger partial charge in [0.05, 0.1) is 12.2 Å². The summed E-state index contributed by atoms with van der Waals surface area (Å²) in [5.41, 5.74) is 4.34. The summed E-state index contributed by atoms with van der Waals surface area (Å²) in [6.45, 7) is 6.97. The Bertz CT molecular complexity index is 922.